The van der Waals surface area contributed by atoms with Crippen LogP contribution in [0.1, 0.15) is 20.8 Å². The van der Waals surface area contributed by atoms with Crippen molar-refractivity contribution >= 4 is 16.1 Å². The van der Waals surface area contributed by atoms with E-state index in [1.54, 1.807) is 0 Å². The van der Waals surface area contributed by atoms with Crippen molar-refractivity contribution in [3.8, 4) is 0 Å². The van der Waals surface area contributed by atoms with Crippen molar-refractivity contribution in [2.75, 3.05) is 6.61 Å². The molecule has 0 spiro atoms. The summed E-state index contributed by atoms with van der Waals surface area (Å²) in [6, 6.07) is 0. The van der Waals surface area contributed by atoms with Gasteiger partial charge in [0.05, 0.1) is 27.6 Å². The molecule has 0 radical (unpaired) electrons. The van der Waals surface area contributed by atoms with Crippen molar-refractivity contribution in [1.29, 1.82) is 0 Å². The maximum atomic E-state index is 9.45. The van der Waals surface area contributed by atoms with Crippen LogP contribution in [0, 0.1) is 0 Å². The zero-order valence-electron chi connectivity index (χ0n) is 12.1. The summed E-state index contributed by atoms with van der Waals surface area (Å²) < 4.78 is 6.08. The lowest BCUT2D eigenvalue weighted by molar-refractivity contribution is 0.242. The molecule has 0 saturated carbocycles. The monoisotopic (exact) mass is 260 g/mol. The number of rotatable bonds is 3. The third kappa shape index (κ3) is 1.74. The fourth-order valence-electron chi connectivity index (χ4n) is 3.06. The van der Waals surface area contributed by atoms with E-state index in [2.05, 4.69) is 53.5 Å². The van der Waals surface area contributed by atoms with Gasteiger partial charge in [0.15, 0.2) is 0 Å². The molecule has 0 bridgehead atoms. The molecule has 1 N–H and O–H groups in total. The summed E-state index contributed by atoms with van der Waals surface area (Å²) in [7, 11) is -2.98. The zero-order chi connectivity index (χ0) is 13.0. The van der Waals surface area contributed by atoms with Crippen molar-refractivity contribution in [2.24, 2.45) is 0 Å². The van der Waals surface area contributed by atoms with Crippen LogP contribution in [0.5, 0.6) is 0 Å². The van der Waals surface area contributed by atoms with Crippen LogP contribution in [0.2, 0.25) is 37.8 Å². The summed E-state index contributed by atoms with van der Waals surface area (Å²) in [4.78, 5) is 0.0625. The Kier molecular flexibility index (Phi) is 3.31. The average Bonchev–Trinajstić information content (AvgIpc) is 2.75. The number of aliphatic hydroxyl groups excluding tert-OH is 1. The Morgan fingerprint density at radius 3 is 1.75 bits per heavy atom. The molecule has 0 amide bonds. The van der Waals surface area contributed by atoms with Crippen molar-refractivity contribution in [2.45, 2.75) is 69.5 Å². The molecule has 0 aliphatic carbocycles. The van der Waals surface area contributed by atoms with Crippen LogP contribution in [0.15, 0.2) is 0 Å². The third-order valence-corrected chi connectivity index (χ3v) is 17.6. The quantitative estimate of drug-likeness (QED) is 0.625. The van der Waals surface area contributed by atoms with Gasteiger partial charge in [-0.05, 0) is 5.04 Å². The molecule has 1 rings (SSSR count). The SMILES string of the molecule is CC(C)(C)[Si](C)(C)[C@@]1([Si](C)(C)C)O[C@H]1CO. The molecule has 0 aromatic carbocycles. The van der Waals surface area contributed by atoms with Gasteiger partial charge >= 0.3 is 0 Å². The van der Waals surface area contributed by atoms with E-state index < -0.39 is 16.1 Å². The number of hydrogen-bond donors (Lipinski definition) is 1. The van der Waals surface area contributed by atoms with E-state index in [0.29, 0.717) is 5.04 Å². The summed E-state index contributed by atoms with van der Waals surface area (Å²) >= 11 is 0. The van der Waals surface area contributed by atoms with Gasteiger partial charge in [-0.1, -0.05) is 53.5 Å². The fraction of sp³-hybridized carbons (Fsp3) is 1.00. The van der Waals surface area contributed by atoms with Crippen molar-refractivity contribution in [1.82, 2.24) is 0 Å². The molecular weight excluding hydrogens is 232 g/mol. The van der Waals surface area contributed by atoms with Gasteiger partial charge < -0.3 is 9.84 Å². The molecule has 0 aromatic heterocycles. The third-order valence-electron chi connectivity index (χ3n) is 4.81. The fourth-order valence-corrected chi connectivity index (χ4v) is 15.7. The molecule has 1 fully saturated rings. The van der Waals surface area contributed by atoms with Gasteiger partial charge in [-0.3, -0.25) is 0 Å². The number of aliphatic hydroxyl groups is 1. The van der Waals surface area contributed by atoms with Crippen LogP contribution in [0.4, 0.5) is 0 Å². The van der Waals surface area contributed by atoms with Gasteiger partial charge in [0.2, 0.25) is 0 Å². The highest BCUT2D eigenvalue weighted by Crippen LogP contribution is 2.58. The van der Waals surface area contributed by atoms with Gasteiger partial charge in [-0.25, -0.2) is 0 Å². The molecule has 0 aromatic rings. The van der Waals surface area contributed by atoms with E-state index >= 15 is 0 Å². The first kappa shape index (κ1) is 14.4. The predicted molar refractivity (Wildman–Crippen MR) is 75.2 cm³/mol. The van der Waals surface area contributed by atoms with E-state index in [1.165, 1.54) is 0 Å². The number of ether oxygens (including phenoxy) is 1. The molecule has 16 heavy (non-hydrogen) atoms. The Balaban J connectivity index is 3.17. The lowest BCUT2D eigenvalue weighted by atomic mass is 10.2. The van der Waals surface area contributed by atoms with E-state index in [1.807, 2.05) is 0 Å². The molecule has 1 heterocycles. The second-order valence-corrected chi connectivity index (χ2v) is 18.9. The van der Waals surface area contributed by atoms with Crippen LogP contribution in [-0.2, 0) is 4.74 Å². The maximum absolute atomic E-state index is 9.45. The first-order valence-corrected chi connectivity index (χ1v) is 12.7. The maximum Gasteiger partial charge on any atom is 0.104 e. The Labute approximate surface area is 102 Å². The van der Waals surface area contributed by atoms with Gasteiger partial charge in [-0.15, -0.1) is 0 Å². The molecule has 2 nitrogen and oxygen atoms in total. The van der Waals surface area contributed by atoms with E-state index in [9.17, 15) is 5.11 Å². The predicted octanol–water partition coefficient (Wildman–Crippen LogP) is 3.04. The van der Waals surface area contributed by atoms with Crippen LogP contribution >= 0.6 is 0 Å². The first-order chi connectivity index (χ1) is 6.92. The average molecular weight is 261 g/mol. The second kappa shape index (κ2) is 3.67. The highest BCUT2D eigenvalue weighted by Gasteiger charge is 2.73. The minimum Gasteiger partial charge on any atom is -0.394 e. The van der Waals surface area contributed by atoms with E-state index in [4.69, 9.17) is 4.74 Å². The minimum absolute atomic E-state index is 0.0625. The van der Waals surface area contributed by atoms with Crippen LogP contribution in [0.25, 0.3) is 0 Å². The second-order valence-electron chi connectivity index (χ2n) is 7.65. The molecule has 1 aliphatic heterocycles. The molecule has 96 valence electrons. The first-order valence-electron chi connectivity index (χ1n) is 6.20. The van der Waals surface area contributed by atoms with Crippen LogP contribution in [0.3, 0.4) is 0 Å². The van der Waals surface area contributed by atoms with Crippen molar-refractivity contribution in [3.63, 3.8) is 0 Å². The Morgan fingerprint density at radius 2 is 1.56 bits per heavy atom. The normalized spacial score (nSPS) is 31.7. The summed E-state index contributed by atoms with van der Waals surface area (Å²) in [5.41, 5.74) is 0. The largest absolute Gasteiger partial charge is 0.394 e. The lowest BCUT2D eigenvalue weighted by Gasteiger charge is -2.47. The van der Waals surface area contributed by atoms with Gasteiger partial charge in [-0.2, -0.15) is 0 Å². The molecule has 1 saturated heterocycles. The molecule has 4 heteroatoms. The molecule has 1 aliphatic rings. The summed E-state index contributed by atoms with van der Waals surface area (Å²) in [6.45, 7) is 19.2. The number of hydrogen-bond acceptors (Lipinski definition) is 2. The minimum atomic E-state index is -1.56. The Morgan fingerprint density at radius 1 is 1.12 bits per heavy atom. The van der Waals surface area contributed by atoms with E-state index in [-0.39, 0.29) is 17.6 Å². The molecular formula is C12H28O2Si2. The van der Waals surface area contributed by atoms with Gasteiger partial charge in [0.1, 0.15) is 6.10 Å². The van der Waals surface area contributed by atoms with E-state index in [0.717, 1.165) is 0 Å². The summed E-state index contributed by atoms with van der Waals surface area (Å²) in [6.07, 6.45) is 0.111. The lowest BCUT2D eigenvalue weighted by Crippen LogP contribution is -2.65. The zero-order valence-corrected chi connectivity index (χ0v) is 14.1. The molecule has 0 unspecified atom stereocenters. The van der Waals surface area contributed by atoms with Crippen LogP contribution in [-0.4, -0.2) is 38.8 Å². The van der Waals surface area contributed by atoms with Gasteiger partial charge in [0.25, 0.3) is 0 Å². The van der Waals surface area contributed by atoms with Crippen LogP contribution < -0.4 is 0 Å². The Hall–Kier alpha value is 0.354. The highest BCUT2D eigenvalue weighted by molar-refractivity contribution is 7.01. The number of epoxide rings is 1. The van der Waals surface area contributed by atoms with Gasteiger partial charge in [0, 0.05) is 0 Å². The highest BCUT2D eigenvalue weighted by atomic mass is 28.4. The summed E-state index contributed by atoms with van der Waals surface area (Å²) in [5, 5.41) is 9.77. The van der Waals surface area contributed by atoms with Crippen molar-refractivity contribution < 1.29 is 9.84 Å². The standard InChI is InChI=1S/C12H28O2Si2/c1-11(2,3)16(7,8)12(15(4,5)6)10(9-13)14-12/h10,13H,9H2,1-8H3/t10-,12+/m0/s1. The summed E-state index contributed by atoms with van der Waals surface area (Å²) in [5.74, 6) is 0. The smallest absolute Gasteiger partial charge is 0.104 e. The molecule has 2 atom stereocenters. The topological polar surface area (TPSA) is 32.8 Å². The van der Waals surface area contributed by atoms with Crippen molar-refractivity contribution in [3.05, 3.63) is 0 Å². The Bertz CT molecular complexity index is 276.